The number of halogens is 6. The van der Waals surface area contributed by atoms with Gasteiger partial charge in [0, 0.05) is 36.6 Å². The van der Waals surface area contributed by atoms with Gasteiger partial charge in [0.25, 0.3) is 0 Å². The zero-order valence-corrected chi connectivity index (χ0v) is 28.3. The Labute approximate surface area is 294 Å². The number of phenolic OH excluding ortho intramolecular Hbond substituents is 1. The second-order valence-electron chi connectivity index (χ2n) is 13.7. The monoisotopic (exact) mass is 728 g/mol. The fourth-order valence-corrected chi connectivity index (χ4v) is 7.57. The van der Waals surface area contributed by atoms with Gasteiger partial charge in [-0.2, -0.15) is 23.1 Å². The van der Waals surface area contributed by atoms with Crippen LogP contribution in [0.1, 0.15) is 38.7 Å². The number of anilines is 1. The van der Waals surface area contributed by atoms with E-state index in [-0.39, 0.29) is 89.6 Å². The summed E-state index contributed by atoms with van der Waals surface area (Å²) in [6.45, 7) is 3.37. The van der Waals surface area contributed by atoms with Crippen molar-refractivity contribution in [2.75, 3.05) is 38.2 Å². The summed E-state index contributed by atoms with van der Waals surface area (Å²) in [6, 6.07) is 2.75. The van der Waals surface area contributed by atoms with E-state index in [9.17, 15) is 27.5 Å². The van der Waals surface area contributed by atoms with Crippen molar-refractivity contribution in [3.8, 4) is 41.2 Å². The number of amides is 1. The van der Waals surface area contributed by atoms with Crippen LogP contribution in [0.5, 0.6) is 17.6 Å². The topological polar surface area (TPSA) is 104 Å². The lowest BCUT2D eigenvalue weighted by Crippen LogP contribution is -2.59. The number of hydrogen-bond donors (Lipinski definition) is 1. The van der Waals surface area contributed by atoms with Gasteiger partial charge in [-0.25, -0.2) is 18.2 Å². The average Bonchev–Trinajstić information content (AvgIpc) is 3.54. The van der Waals surface area contributed by atoms with Crippen LogP contribution >= 0.6 is 0 Å². The first kappa shape index (κ1) is 35.4. The third-order valence-electron chi connectivity index (χ3n) is 9.81. The highest BCUT2D eigenvalue weighted by Gasteiger charge is 2.52. The number of rotatable bonds is 7. The van der Waals surface area contributed by atoms with Gasteiger partial charge in [-0.05, 0) is 63.7 Å². The number of pyridine rings is 1. The maximum absolute atomic E-state index is 17.2. The predicted octanol–water partition coefficient (Wildman–Crippen LogP) is 5.76. The van der Waals surface area contributed by atoms with E-state index in [1.54, 1.807) is 30.7 Å². The number of aromatic nitrogens is 3. The Bertz CT molecular complexity index is 2110. The van der Waals surface area contributed by atoms with Crippen LogP contribution in [-0.2, 0) is 4.79 Å². The summed E-state index contributed by atoms with van der Waals surface area (Å²) >= 11 is 0. The molecule has 7 rings (SSSR count). The van der Waals surface area contributed by atoms with E-state index >= 15 is 8.78 Å². The van der Waals surface area contributed by atoms with Crippen LogP contribution in [0.25, 0.3) is 32.9 Å². The quantitative estimate of drug-likeness (QED) is 0.188. The Morgan fingerprint density at radius 3 is 2.40 bits per heavy atom. The molecule has 4 aromatic rings. The summed E-state index contributed by atoms with van der Waals surface area (Å²) in [6.07, 6.45) is -0.197. The van der Waals surface area contributed by atoms with Gasteiger partial charge in [-0.15, -0.1) is 6.42 Å². The van der Waals surface area contributed by atoms with Gasteiger partial charge < -0.3 is 24.4 Å². The largest absolute Gasteiger partial charge is 0.508 e. The van der Waals surface area contributed by atoms with Gasteiger partial charge in [0.05, 0.1) is 23.8 Å². The van der Waals surface area contributed by atoms with E-state index in [2.05, 4.69) is 20.9 Å². The number of fused-ring (bicyclic) bond motifs is 4. The Hall–Kier alpha value is -5.04. The van der Waals surface area contributed by atoms with Gasteiger partial charge in [-0.3, -0.25) is 9.69 Å². The van der Waals surface area contributed by atoms with Crippen molar-refractivity contribution in [3.05, 3.63) is 41.5 Å². The smallest absolute Gasteiger partial charge is 0.471 e. The minimum Gasteiger partial charge on any atom is -0.508 e. The molecular formula is C36H34F6N6O4. The number of phenols is 1. The minimum absolute atomic E-state index is 0.0214. The SMILES string of the molecule is C#Cc1c(F)ccc2cc(O)cc(-c3nc(OC(C)C)c4c(N5CC6CCC(C5)N6C(=O)C(F)(F)F)nc(OC[C@@H]5C[C@@H](F)CN5C)nc4c3F)c12. The van der Waals surface area contributed by atoms with Crippen molar-refractivity contribution in [1.82, 2.24) is 24.8 Å². The first-order valence-corrected chi connectivity index (χ1v) is 16.8. The van der Waals surface area contributed by atoms with Crippen molar-refractivity contribution in [1.29, 1.82) is 0 Å². The average molecular weight is 729 g/mol. The number of hydrogen-bond acceptors (Lipinski definition) is 9. The standard InChI is InChI=1S/C36H34F6N6O4/c1-5-24-26(38)9-6-18-10-23(49)12-25(27(18)24)30-29(39)31-28(33(43-30)52-17(2)3)32(45-35(44-31)51-16-22-11-19(37)13-46(22)4)47-14-20-7-8-21(15-47)48(20)34(50)36(40,41)42/h1,6,9-10,12,17,19-22,49H,7-8,11,13-16H2,2-4H3/t19-,20?,21?,22+/m1/s1. The number of aromatic hydroxyl groups is 1. The zero-order valence-electron chi connectivity index (χ0n) is 28.3. The molecular weight excluding hydrogens is 694 g/mol. The molecule has 10 nitrogen and oxygen atoms in total. The fourth-order valence-electron chi connectivity index (χ4n) is 7.57. The lowest BCUT2D eigenvalue weighted by Gasteiger charge is -2.42. The summed E-state index contributed by atoms with van der Waals surface area (Å²) in [5.41, 5.74) is -0.989. The molecule has 0 spiro atoms. The number of ether oxygens (including phenoxy) is 2. The number of carbonyl (C=O) groups excluding carboxylic acids is 1. The number of nitrogens with zero attached hydrogens (tertiary/aromatic N) is 6. The number of alkyl halides is 4. The van der Waals surface area contributed by atoms with Gasteiger partial charge in [0.15, 0.2) is 5.82 Å². The lowest BCUT2D eigenvalue weighted by atomic mass is 9.95. The molecule has 1 amide bonds. The summed E-state index contributed by atoms with van der Waals surface area (Å²) < 4.78 is 99.1. The second kappa shape index (κ2) is 13.2. The van der Waals surface area contributed by atoms with E-state index in [1.165, 1.54) is 18.2 Å². The molecule has 0 saturated carbocycles. The molecule has 52 heavy (non-hydrogen) atoms. The highest BCUT2D eigenvalue weighted by atomic mass is 19.4. The molecule has 3 fully saturated rings. The zero-order chi connectivity index (χ0) is 37.2. The van der Waals surface area contributed by atoms with Crippen LogP contribution in [0.2, 0.25) is 0 Å². The van der Waals surface area contributed by atoms with Crippen LogP contribution in [0, 0.1) is 24.0 Å². The highest BCUT2D eigenvalue weighted by Crippen LogP contribution is 2.44. The normalized spacial score (nSPS) is 22.1. The van der Waals surface area contributed by atoms with Crippen LogP contribution in [0.4, 0.5) is 32.2 Å². The number of likely N-dealkylation sites (N-methyl/N-ethyl adjacent to an activating group) is 1. The molecule has 3 aliphatic rings. The molecule has 1 N–H and O–H groups in total. The van der Waals surface area contributed by atoms with E-state index in [1.807, 2.05) is 0 Å². The third-order valence-corrected chi connectivity index (χ3v) is 9.81. The Kier molecular flexibility index (Phi) is 8.96. The summed E-state index contributed by atoms with van der Waals surface area (Å²) in [5.74, 6) is -1.82. The third kappa shape index (κ3) is 6.24. The van der Waals surface area contributed by atoms with Gasteiger partial charge in [0.1, 0.15) is 46.8 Å². The van der Waals surface area contributed by atoms with Crippen LogP contribution in [0.3, 0.4) is 0 Å². The Morgan fingerprint density at radius 2 is 1.79 bits per heavy atom. The first-order valence-electron chi connectivity index (χ1n) is 16.8. The predicted molar refractivity (Wildman–Crippen MR) is 179 cm³/mol. The molecule has 4 atom stereocenters. The molecule has 2 aromatic heterocycles. The maximum atomic E-state index is 17.2. The second-order valence-corrected chi connectivity index (χ2v) is 13.7. The van der Waals surface area contributed by atoms with Gasteiger partial charge in [-0.1, -0.05) is 12.0 Å². The van der Waals surface area contributed by atoms with Gasteiger partial charge >= 0.3 is 18.1 Å². The van der Waals surface area contributed by atoms with Crippen LogP contribution in [-0.4, -0.2) is 106 Å². The van der Waals surface area contributed by atoms with Crippen molar-refractivity contribution < 1.29 is 45.7 Å². The summed E-state index contributed by atoms with van der Waals surface area (Å²) in [5, 5.41) is 11.0. The number of piperazine rings is 1. The summed E-state index contributed by atoms with van der Waals surface area (Å²) in [4.78, 5) is 30.2. The molecule has 0 radical (unpaired) electrons. The number of benzene rings is 2. The van der Waals surface area contributed by atoms with Crippen molar-refractivity contribution in [2.24, 2.45) is 0 Å². The molecule has 2 aromatic carbocycles. The van der Waals surface area contributed by atoms with E-state index in [0.717, 1.165) is 11.0 Å². The number of terminal acetylenes is 1. The summed E-state index contributed by atoms with van der Waals surface area (Å²) in [7, 11) is 1.73. The molecule has 5 heterocycles. The van der Waals surface area contributed by atoms with Gasteiger partial charge in [0.2, 0.25) is 5.88 Å². The van der Waals surface area contributed by atoms with E-state index < -0.39 is 53.8 Å². The maximum Gasteiger partial charge on any atom is 0.471 e. The number of likely N-dealkylation sites (tertiary alicyclic amines) is 1. The van der Waals surface area contributed by atoms with Crippen LogP contribution in [0.15, 0.2) is 24.3 Å². The minimum atomic E-state index is -5.06. The molecule has 0 aliphatic carbocycles. The van der Waals surface area contributed by atoms with E-state index in [0.29, 0.717) is 18.2 Å². The fraction of sp³-hybridized carbons (Fsp3) is 0.444. The Morgan fingerprint density at radius 1 is 1.08 bits per heavy atom. The lowest BCUT2D eigenvalue weighted by molar-refractivity contribution is -0.188. The van der Waals surface area contributed by atoms with Crippen molar-refractivity contribution in [2.45, 2.75) is 69.7 Å². The molecule has 3 aliphatic heterocycles. The molecule has 16 heteroatoms. The Balaban J connectivity index is 1.43. The van der Waals surface area contributed by atoms with E-state index in [4.69, 9.17) is 15.9 Å². The number of carbonyl (C=O) groups is 1. The first-order chi connectivity index (χ1) is 24.6. The molecule has 274 valence electrons. The molecule has 3 saturated heterocycles. The van der Waals surface area contributed by atoms with Crippen LogP contribution < -0.4 is 14.4 Å². The van der Waals surface area contributed by atoms with Crippen molar-refractivity contribution in [3.63, 3.8) is 0 Å². The molecule has 2 unspecified atom stereocenters. The highest BCUT2D eigenvalue weighted by molar-refractivity contribution is 6.04. The molecule has 2 bridgehead atoms. The van der Waals surface area contributed by atoms with Crippen molar-refractivity contribution >= 4 is 33.4 Å².